The summed E-state index contributed by atoms with van der Waals surface area (Å²) in [5, 5.41) is 0.778. The smallest absolute Gasteiger partial charge is 0.265 e. The summed E-state index contributed by atoms with van der Waals surface area (Å²) in [5.74, 6) is 0.0461. The van der Waals surface area contributed by atoms with Crippen molar-refractivity contribution in [2.24, 2.45) is 5.73 Å². The molecule has 2 N–H and O–H groups in total. The molecule has 2 aromatic rings. The van der Waals surface area contributed by atoms with Crippen molar-refractivity contribution in [3.63, 3.8) is 0 Å². The maximum Gasteiger partial charge on any atom is 0.265 e. The van der Waals surface area contributed by atoms with Crippen molar-refractivity contribution < 1.29 is 4.79 Å². The minimum Gasteiger partial charge on any atom is -0.334 e. The van der Waals surface area contributed by atoms with E-state index in [-0.39, 0.29) is 11.9 Å². The van der Waals surface area contributed by atoms with Crippen LogP contribution >= 0.6 is 11.3 Å². The molecule has 0 unspecified atom stereocenters. The van der Waals surface area contributed by atoms with Gasteiger partial charge in [0.15, 0.2) is 0 Å². The molecule has 6 heteroatoms. The van der Waals surface area contributed by atoms with E-state index in [1.807, 2.05) is 23.1 Å². The fraction of sp³-hybridized carbons (Fsp3) is 0.400. The molecule has 0 aromatic carbocycles. The van der Waals surface area contributed by atoms with Crippen molar-refractivity contribution in [3.8, 4) is 10.7 Å². The molecule has 1 saturated heterocycles. The quantitative estimate of drug-likeness (QED) is 0.943. The van der Waals surface area contributed by atoms with E-state index < -0.39 is 0 Å². The van der Waals surface area contributed by atoms with E-state index in [2.05, 4.69) is 9.97 Å². The normalized spacial score (nSPS) is 18.7. The molecule has 1 amide bonds. The Bertz CT molecular complexity index is 613. The maximum atomic E-state index is 12.6. The van der Waals surface area contributed by atoms with Gasteiger partial charge in [-0.3, -0.25) is 9.78 Å². The Morgan fingerprint density at radius 1 is 1.38 bits per heavy atom. The first-order chi connectivity index (χ1) is 10.3. The number of pyridine rings is 1. The molecule has 0 saturated carbocycles. The molecule has 110 valence electrons. The monoisotopic (exact) mass is 302 g/mol. The van der Waals surface area contributed by atoms with Gasteiger partial charge < -0.3 is 10.6 Å². The number of rotatable bonds is 3. The van der Waals surface area contributed by atoms with Crippen molar-refractivity contribution >= 4 is 17.2 Å². The van der Waals surface area contributed by atoms with Crippen LogP contribution in [0.4, 0.5) is 0 Å². The molecule has 0 aliphatic carbocycles. The summed E-state index contributed by atoms with van der Waals surface area (Å²) in [7, 11) is 0. The number of likely N-dealkylation sites (tertiary alicyclic amines) is 1. The SMILES string of the molecule is NC[C@H]1CCCCN1C(=O)c1cnc(-c2ccccn2)s1. The first kappa shape index (κ1) is 14.2. The number of thiazole rings is 1. The summed E-state index contributed by atoms with van der Waals surface area (Å²) < 4.78 is 0. The van der Waals surface area contributed by atoms with Crippen LogP contribution in [0, 0.1) is 0 Å². The second-order valence-electron chi connectivity index (χ2n) is 5.13. The molecule has 0 radical (unpaired) electrons. The summed E-state index contributed by atoms with van der Waals surface area (Å²) >= 11 is 1.39. The van der Waals surface area contributed by atoms with E-state index in [0.29, 0.717) is 11.4 Å². The van der Waals surface area contributed by atoms with Crippen molar-refractivity contribution in [1.29, 1.82) is 0 Å². The molecule has 1 fully saturated rings. The molecule has 1 aliphatic rings. The van der Waals surface area contributed by atoms with Gasteiger partial charge in [0.25, 0.3) is 5.91 Å². The molecule has 2 aromatic heterocycles. The predicted molar refractivity (Wildman–Crippen MR) is 83.1 cm³/mol. The van der Waals surface area contributed by atoms with Crippen LogP contribution in [0.3, 0.4) is 0 Å². The van der Waals surface area contributed by atoms with Crippen molar-refractivity contribution in [1.82, 2.24) is 14.9 Å². The van der Waals surface area contributed by atoms with Gasteiger partial charge in [0.2, 0.25) is 0 Å². The highest BCUT2D eigenvalue weighted by Gasteiger charge is 2.27. The van der Waals surface area contributed by atoms with E-state index in [1.165, 1.54) is 11.3 Å². The number of carbonyl (C=O) groups is 1. The Morgan fingerprint density at radius 2 is 2.29 bits per heavy atom. The van der Waals surface area contributed by atoms with Gasteiger partial charge in [-0.05, 0) is 31.4 Å². The van der Waals surface area contributed by atoms with E-state index in [9.17, 15) is 4.79 Å². The average molecular weight is 302 g/mol. The zero-order valence-electron chi connectivity index (χ0n) is 11.7. The van der Waals surface area contributed by atoms with Crippen LogP contribution in [0.1, 0.15) is 28.9 Å². The van der Waals surface area contributed by atoms with Crippen LogP contribution in [0.25, 0.3) is 10.7 Å². The summed E-state index contributed by atoms with van der Waals surface area (Å²) in [4.78, 5) is 23.8. The number of nitrogens with two attached hydrogens (primary N) is 1. The predicted octanol–water partition coefficient (Wildman–Crippen LogP) is 2.16. The summed E-state index contributed by atoms with van der Waals surface area (Å²) in [6.07, 6.45) is 6.57. The Kier molecular flexibility index (Phi) is 4.26. The first-order valence-corrected chi connectivity index (χ1v) is 7.99. The van der Waals surface area contributed by atoms with E-state index in [1.54, 1.807) is 12.4 Å². The van der Waals surface area contributed by atoms with Gasteiger partial charge in [0, 0.05) is 25.3 Å². The number of piperidine rings is 1. The summed E-state index contributed by atoms with van der Waals surface area (Å²) in [6.45, 7) is 1.31. The fourth-order valence-electron chi connectivity index (χ4n) is 2.64. The molecular formula is C15H18N4OS. The molecule has 1 aliphatic heterocycles. The lowest BCUT2D eigenvalue weighted by Crippen LogP contribution is -2.47. The molecule has 0 bridgehead atoms. The van der Waals surface area contributed by atoms with Gasteiger partial charge in [0.05, 0.1) is 11.9 Å². The Labute approximate surface area is 127 Å². The second kappa shape index (κ2) is 6.32. The van der Waals surface area contributed by atoms with Crippen LogP contribution < -0.4 is 5.73 Å². The largest absolute Gasteiger partial charge is 0.334 e. The number of hydrogen-bond acceptors (Lipinski definition) is 5. The molecule has 21 heavy (non-hydrogen) atoms. The summed E-state index contributed by atoms with van der Waals surface area (Å²) in [6, 6.07) is 5.84. The van der Waals surface area contributed by atoms with Gasteiger partial charge in [-0.25, -0.2) is 4.98 Å². The van der Waals surface area contributed by atoms with Crippen molar-refractivity contribution in [2.45, 2.75) is 25.3 Å². The minimum atomic E-state index is 0.0461. The number of amides is 1. The summed E-state index contributed by atoms with van der Waals surface area (Å²) in [5.41, 5.74) is 6.59. The standard InChI is InChI=1S/C15H18N4OS/c16-9-11-5-2-4-8-19(11)15(20)13-10-18-14(21-13)12-6-1-3-7-17-12/h1,3,6-7,10-11H,2,4-5,8-9,16H2/t11-/m1/s1. The third-order valence-corrected chi connectivity index (χ3v) is 4.77. The number of carbonyl (C=O) groups excluding carboxylic acids is 1. The Balaban J connectivity index is 1.81. The van der Waals surface area contributed by atoms with Crippen LogP contribution in [0.5, 0.6) is 0 Å². The van der Waals surface area contributed by atoms with Crippen molar-refractivity contribution in [2.75, 3.05) is 13.1 Å². The van der Waals surface area contributed by atoms with E-state index >= 15 is 0 Å². The highest BCUT2D eigenvalue weighted by molar-refractivity contribution is 7.16. The van der Waals surface area contributed by atoms with Crippen LogP contribution in [-0.2, 0) is 0 Å². The van der Waals surface area contributed by atoms with Crippen LogP contribution in [-0.4, -0.2) is 39.9 Å². The third kappa shape index (κ3) is 2.96. The molecular weight excluding hydrogens is 284 g/mol. The average Bonchev–Trinajstić information content (AvgIpc) is 3.05. The van der Waals surface area contributed by atoms with Gasteiger partial charge in [-0.15, -0.1) is 11.3 Å². The molecule has 5 nitrogen and oxygen atoms in total. The second-order valence-corrected chi connectivity index (χ2v) is 6.16. The number of nitrogens with zero attached hydrogens (tertiary/aromatic N) is 3. The number of aromatic nitrogens is 2. The molecule has 1 atom stereocenters. The lowest BCUT2D eigenvalue weighted by atomic mass is 10.0. The lowest BCUT2D eigenvalue weighted by molar-refractivity contribution is 0.0628. The highest BCUT2D eigenvalue weighted by Crippen LogP contribution is 2.26. The topological polar surface area (TPSA) is 72.1 Å². The highest BCUT2D eigenvalue weighted by atomic mass is 32.1. The van der Waals surface area contributed by atoms with Gasteiger partial charge in [-0.1, -0.05) is 6.07 Å². The van der Waals surface area contributed by atoms with Gasteiger partial charge in [-0.2, -0.15) is 0 Å². The molecule has 3 heterocycles. The minimum absolute atomic E-state index is 0.0461. The third-order valence-electron chi connectivity index (χ3n) is 3.76. The fourth-order valence-corrected chi connectivity index (χ4v) is 3.48. The maximum absolute atomic E-state index is 12.6. The van der Waals surface area contributed by atoms with Gasteiger partial charge in [0.1, 0.15) is 9.88 Å². The van der Waals surface area contributed by atoms with Crippen LogP contribution in [0.15, 0.2) is 30.6 Å². The Morgan fingerprint density at radius 3 is 3.05 bits per heavy atom. The molecule has 3 rings (SSSR count). The van der Waals surface area contributed by atoms with E-state index in [4.69, 9.17) is 5.73 Å². The number of hydrogen-bond donors (Lipinski definition) is 1. The zero-order chi connectivity index (χ0) is 14.7. The van der Waals surface area contributed by atoms with Gasteiger partial charge >= 0.3 is 0 Å². The molecule has 0 spiro atoms. The van der Waals surface area contributed by atoms with Crippen molar-refractivity contribution in [3.05, 3.63) is 35.5 Å². The Hall–Kier alpha value is -1.79. The van der Waals surface area contributed by atoms with E-state index in [0.717, 1.165) is 36.5 Å². The van der Waals surface area contributed by atoms with Crippen LogP contribution in [0.2, 0.25) is 0 Å². The first-order valence-electron chi connectivity index (χ1n) is 7.18. The zero-order valence-corrected chi connectivity index (χ0v) is 12.6. The lowest BCUT2D eigenvalue weighted by Gasteiger charge is -2.34.